The van der Waals surface area contributed by atoms with E-state index in [1.165, 1.54) is 0 Å². The summed E-state index contributed by atoms with van der Waals surface area (Å²) in [7, 11) is 0. The number of likely N-dealkylation sites (tertiary alicyclic amines) is 1. The molecule has 5 heteroatoms. The Labute approximate surface area is 124 Å². The summed E-state index contributed by atoms with van der Waals surface area (Å²) in [6.07, 6.45) is 0.833. The summed E-state index contributed by atoms with van der Waals surface area (Å²) >= 11 is 5.92. The first kappa shape index (κ1) is 15.1. The molecule has 1 heterocycles. The zero-order valence-electron chi connectivity index (χ0n) is 11.9. The number of halogens is 1. The van der Waals surface area contributed by atoms with Crippen molar-refractivity contribution in [2.24, 2.45) is 11.7 Å². The summed E-state index contributed by atoms with van der Waals surface area (Å²) < 4.78 is 5.86. The molecule has 0 radical (unpaired) electrons. The Balaban J connectivity index is 1.91. The number of hydrogen-bond acceptors (Lipinski definition) is 3. The van der Waals surface area contributed by atoms with Crippen LogP contribution in [0.25, 0.3) is 0 Å². The molecule has 1 aliphatic rings. The van der Waals surface area contributed by atoms with Crippen molar-refractivity contribution in [3.05, 3.63) is 29.3 Å². The molecule has 4 nitrogen and oxygen atoms in total. The van der Waals surface area contributed by atoms with E-state index in [1.54, 1.807) is 17.0 Å². The monoisotopic (exact) mass is 296 g/mol. The lowest BCUT2D eigenvalue weighted by Crippen LogP contribution is -2.46. The molecule has 1 saturated heterocycles. The van der Waals surface area contributed by atoms with Gasteiger partial charge < -0.3 is 15.4 Å². The predicted octanol–water partition coefficient (Wildman–Crippen LogP) is 2.30. The average Bonchev–Trinajstić information content (AvgIpc) is 2.85. The standard InChI is InChI=1S/C15H21ClN2O2/c1-10(2)14(17)15(19)18-7-6-13(9-18)20-12-5-3-4-11(16)8-12/h3-5,8,10,13-14H,6-7,9,17H2,1-2H3/t13-,14-/m0/s1. The van der Waals surface area contributed by atoms with Crippen LogP contribution in [0, 0.1) is 5.92 Å². The van der Waals surface area contributed by atoms with E-state index in [4.69, 9.17) is 22.1 Å². The SMILES string of the molecule is CC(C)[C@H](N)C(=O)N1CC[C@H](Oc2cccc(Cl)c2)C1. The minimum absolute atomic E-state index is 0.0109. The van der Waals surface area contributed by atoms with Gasteiger partial charge >= 0.3 is 0 Å². The number of nitrogens with two attached hydrogens (primary N) is 1. The molecule has 1 fully saturated rings. The summed E-state index contributed by atoms with van der Waals surface area (Å²) in [5.41, 5.74) is 5.91. The zero-order valence-corrected chi connectivity index (χ0v) is 12.6. The molecule has 2 atom stereocenters. The van der Waals surface area contributed by atoms with E-state index < -0.39 is 6.04 Å². The van der Waals surface area contributed by atoms with Crippen molar-refractivity contribution in [1.29, 1.82) is 0 Å². The third kappa shape index (κ3) is 3.64. The fourth-order valence-electron chi connectivity index (χ4n) is 2.25. The van der Waals surface area contributed by atoms with Crippen molar-refractivity contribution in [1.82, 2.24) is 4.90 Å². The Bertz CT molecular complexity index is 479. The highest BCUT2D eigenvalue weighted by Gasteiger charge is 2.31. The smallest absolute Gasteiger partial charge is 0.239 e. The molecular weight excluding hydrogens is 276 g/mol. The van der Waals surface area contributed by atoms with Crippen molar-refractivity contribution < 1.29 is 9.53 Å². The molecule has 20 heavy (non-hydrogen) atoms. The van der Waals surface area contributed by atoms with Gasteiger partial charge in [0.05, 0.1) is 12.6 Å². The highest BCUT2D eigenvalue weighted by atomic mass is 35.5. The molecule has 1 aromatic rings. The number of benzene rings is 1. The number of carbonyl (C=O) groups excluding carboxylic acids is 1. The second-order valence-corrected chi connectivity index (χ2v) is 5.98. The number of ether oxygens (including phenoxy) is 1. The van der Waals surface area contributed by atoms with E-state index in [-0.39, 0.29) is 17.9 Å². The Morgan fingerprint density at radius 2 is 2.25 bits per heavy atom. The van der Waals surface area contributed by atoms with Crippen molar-refractivity contribution in [2.45, 2.75) is 32.4 Å². The highest BCUT2D eigenvalue weighted by molar-refractivity contribution is 6.30. The van der Waals surface area contributed by atoms with Gasteiger partial charge in [0.15, 0.2) is 0 Å². The number of nitrogens with zero attached hydrogens (tertiary/aromatic N) is 1. The summed E-state index contributed by atoms with van der Waals surface area (Å²) in [6.45, 7) is 5.20. The fourth-order valence-corrected chi connectivity index (χ4v) is 2.43. The Morgan fingerprint density at radius 1 is 1.50 bits per heavy atom. The highest BCUT2D eigenvalue weighted by Crippen LogP contribution is 2.22. The molecule has 0 unspecified atom stereocenters. The van der Waals surface area contributed by atoms with Gasteiger partial charge in [-0.25, -0.2) is 0 Å². The molecule has 1 aliphatic heterocycles. The lowest BCUT2D eigenvalue weighted by atomic mass is 10.0. The van der Waals surface area contributed by atoms with Gasteiger partial charge in [0.2, 0.25) is 5.91 Å². The van der Waals surface area contributed by atoms with E-state index in [1.807, 2.05) is 26.0 Å². The van der Waals surface area contributed by atoms with E-state index in [9.17, 15) is 4.79 Å². The molecule has 0 bridgehead atoms. The predicted molar refractivity (Wildman–Crippen MR) is 79.9 cm³/mol. The van der Waals surface area contributed by atoms with Crippen molar-refractivity contribution in [3.63, 3.8) is 0 Å². The number of amides is 1. The molecule has 2 rings (SSSR count). The van der Waals surface area contributed by atoms with Gasteiger partial charge in [-0.2, -0.15) is 0 Å². The molecule has 0 aromatic heterocycles. The van der Waals surface area contributed by atoms with Gasteiger partial charge in [0, 0.05) is 18.0 Å². The lowest BCUT2D eigenvalue weighted by molar-refractivity contribution is -0.132. The maximum absolute atomic E-state index is 12.2. The average molecular weight is 297 g/mol. The molecule has 0 saturated carbocycles. The van der Waals surface area contributed by atoms with Crippen molar-refractivity contribution >= 4 is 17.5 Å². The molecule has 0 spiro atoms. The third-order valence-electron chi connectivity index (χ3n) is 3.56. The van der Waals surface area contributed by atoms with Gasteiger partial charge in [0.25, 0.3) is 0 Å². The number of rotatable bonds is 4. The first-order valence-corrected chi connectivity index (χ1v) is 7.31. The first-order valence-electron chi connectivity index (χ1n) is 6.94. The molecule has 1 aromatic carbocycles. The van der Waals surface area contributed by atoms with Crippen molar-refractivity contribution in [2.75, 3.05) is 13.1 Å². The van der Waals surface area contributed by atoms with Crippen LogP contribution in [0.1, 0.15) is 20.3 Å². The summed E-state index contributed by atoms with van der Waals surface area (Å²) in [5.74, 6) is 0.901. The van der Waals surface area contributed by atoms with Crippen LogP contribution in [-0.2, 0) is 4.79 Å². The van der Waals surface area contributed by atoms with Gasteiger partial charge in [-0.3, -0.25) is 4.79 Å². The first-order chi connectivity index (χ1) is 9.47. The summed E-state index contributed by atoms with van der Waals surface area (Å²) in [4.78, 5) is 14.0. The van der Waals surface area contributed by atoms with Crippen LogP contribution in [0.4, 0.5) is 0 Å². The maximum Gasteiger partial charge on any atom is 0.239 e. The summed E-state index contributed by atoms with van der Waals surface area (Å²) in [5, 5.41) is 0.648. The maximum atomic E-state index is 12.2. The Morgan fingerprint density at radius 3 is 2.90 bits per heavy atom. The van der Waals surface area contributed by atoms with Gasteiger partial charge in [-0.05, 0) is 24.1 Å². The minimum Gasteiger partial charge on any atom is -0.488 e. The molecule has 2 N–H and O–H groups in total. The normalized spacial score (nSPS) is 20.2. The van der Waals surface area contributed by atoms with E-state index >= 15 is 0 Å². The van der Waals surface area contributed by atoms with Crippen LogP contribution in [0.3, 0.4) is 0 Å². The van der Waals surface area contributed by atoms with Gasteiger partial charge in [0.1, 0.15) is 11.9 Å². The summed E-state index contributed by atoms with van der Waals surface area (Å²) in [6, 6.07) is 6.88. The fraction of sp³-hybridized carbons (Fsp3) is 0.533. The Hall–Kier alpha value is -1.26. The third-order valence-corrected chi connectivity index (χ3v) is 3.79. The molecule has 1 amide bonds. The number of hydrogen-bond donors (Lipinski definition) is 1. The second-order valence-electron chi connectivity index (χ2n) is 5.54. The number of carbonyl (C=O) groups is 1. The van der Waals surface area contributed by atoms with Gasteiger partial charge in [-0.1, -0.05) is 31.5 Å². The molecule has 110 valence electrons. The van der Waals surface area contributed by atoms with Crippen molar-refractivity contribution in [3.8, 4) is 5.75 Å². The zero-order chi connectivity index (χ0) is 14.7. The van der Waals surface area contributed by atoms with Crippen LogP contribution in [0.2, 0.25) is 5.02 Å². The molecular formula is C15H21ClN2O2. The van der Waals surface area contributed by atoms with Gasteiger partial charge in [-0.15, -0.1) is 0 Å². The van der Waals surface area contributed by atoms with Crippen LogP contribution in [0.5, 0.6) is 5.75 Å². The van der Waals surface area contributed by atoms with Crippen LogP contribution >= 0.6 is 11.6 Å². The lowest BCUT2D eigenvalue weighted by Gasteiger charge is -2.23. The molecule has 0 aliphatic carbocycles. The van der Waals surface area contributed by atoms with E-state index in [0.717, 1.165) is 12.2 Å². The van der Waals surface area contributed by atoms with Crippen LogP contribution < -0.4 is 10.5 Å². The topological polar surface area (TPSA) is 55.6 Å². The van der Waals surface area contributed by atoms with Crippen LogP contribution in [0.15, 0.2) is 24.3 Å². The van der Waals surface area contributed by atoms with E-state index in [2.05, 4.69) is 0 Å². The quantitative estimate of drug-likeness (QED) is 0.927. The van der Waals surface area contributed by atoms with E-state index in [0.29, 0.717) is 18.1 Å². The minimum atomic E-state index is -0.431. The largest absolute Gasteiger partial charge is 0.488 e. The second kappa shape index (κ2) is 6.46. The van der Waals surface area contributed by atoms with Crippen LogP contribution in [-0.4, -0.2) is 36.0 Å². The Kier molecular flexibility index (Phi) is 4.89.